The molecule has 20 heavy (non-hydrogen) atoms. The molecule has 0 aromatic heterocycles. The lowest BCUT2D eigenvalue weighted by Crippen LogP contribution is -2.47. The minimum Gasteiger partial charge on any atom is -0.492 e. The highest BCUT2D eigenvalue weighted by molar-refractivity contribution is 5.33. The summed E-state index contributed by atoms with van der Waals surface area (Å²) in [5.41, 5.74) is 1.31. The fourth-order valence-electron chi connectivity index (χ4n) is 2.77. The fraction of sp³-hybridized carbons (Fsp3) is 0.647. The van der Waals surface area contributed by atoms with Crippen LogP contribution in [0.5, 0.6) is 5.75 Å². The Morgan fingerprint density at radius 1 is 1.20 bits per heavy atom. The van der Waals surface area contributed by atoms with Gasteiger partial charge in [0.1, 0.15) is 12.4 Å². The average Bonchev–Trinajstić information content (AvgIpc) is 2.60. The van der Waals surface area contributed by atoms with E-state index in [9.17, 15) is 0 Å². The lowest BCUT2D eigenvalue weighted by molar-refractivity contribution is 0.130. The van der Waals surface area contributed by atoms with Gasteiger partial charge in [-0.2, -0.15) is 0 Å². The molecule has 0 saturated heterocycles. The van der Waals surface area contributed by atoms with Crippen molar-refractivity contribution < 1.29 is 4.74 Å². The highest BCUT2D eigenvalue weighted by atomic mass is 16.5. The van der Waals surface area contributed by atoms with E-state index in [1.54, 1.807) is 0 Å². The molecule has 0 radical (unpaired) electrons. The standard InChI is InChI=1S/C17H28N2O/c1-13(2)16(11-18-14(3)4)19-9-10-20-17-8-6-5-7-15(17)12-19/h5-8,13-14,16,18H,9-12H2,1-4H3. The third-order valence-electron chi connectivity index (χ3n) is 3.96. The molecule has 1 unspecified atom stereocenters. The Morgan fingerprint density at radius 2 is 1.95 bits per heavy atom. The Hall–Kier alpha value is -1.06. The van der Waals surface area contributed by atoms with Crippen molar-refractivity contribution in [2.24, 2.45) is 5.92 Å². The Labute approximate surface area is 123 Å². The smallest absolute Gasteiger partial charge is 0.123 e. The van der Waals surface area contributed by atoms with Crippen LogP contribution in [0.2, 0.25) is 0 Å². The Balaban J connectivity index is 2.09. The largest absolute Gasteiger partial charge is 0.492 e. The molecule has 1 aromatic carbocycles. The van der Waals surface area contributed by atoms with Gasteiger partial charge >= 0.3 is 0 Å². The van der Waals surface area contributed by atoms with E-state index in [0.717, 1.165) is 32.0 Å². The molecular weight excluding hydrogens is 248 g/mol. The van der Waals surface area contributed by atoms with Crippen LogP contribution in [0.3, 0.4) is 0 Å². The second kappa shape index (κ2) is 7.09. The van der Waals surface area contributed by atoms with E-state index in [4.69, 9.17) is 4.74 Å². The number of rotatable bonds is 5. The van der Waals surface area contributed by atoms with E-state index < -0.39 is 0 Å². The Kier molecular flexibility index (Phi) is 5.44. The summed E-state index contributed by atoms with van der Waals surface area (Å²) >= 11 is 0. The average molecular weight is 276 g/mol. The number of nitrogens with zero attached hydrogens (tertiary/aromatic N) is 1. The van der Waals surface area contributed by atoms with E-state index in [1.807, 2.05) is 0 Å². The summed E-state index contributed by atoms with van der Waals surface area (Å²) in [4.78, 5) is 2.56. The van der Waals surface area contributed by atoms with Gasteiger partial charge < -0.3 is 10.1 Å². The molecule has 1 aliphatic heterocycles. The van der Waals surface area contributed by atoms with Crippen molar-refractivity contribution >= 4 is 0 Å². The van der Waals surface area contributed by atoms with E-state index in [2.05, 4.69) is 62.2 Å². The number of para-hydroxylation sites is 1. The Bertz CT molecular complexity index is 417. The quantitative estimate of drug-likeness (QED) is 0.895. The van der Waals surface area contributed by atoms with Crippen LogP contribution in [-0.4, -0.2) is 36.7 Å². The van der Waals surface area contributed by atoms with Crippen molar-refractivity contribution in [1.82, 2.24) is 10.2 Å². The predicted molar refractivity (Wildman–Crippen MR) is 84.1 cm³/mol. The normalized spacial score (nSPS) is 17.7. The zero-order chi connectivity index (χ0) is 14.5. The Morgan fingerprint density at radius 3 is 2.65 bits per heavy atom. The van der Waals surface area contributed by atoms with Crippen molar-refractivity contribution in [2.45, 2.75) is 46.3 Å². The van der Waals surface area contributed by atoms with Crippen LogP contribution < -0.4 is 10.1 Å². The first-order chi connectivity index (χ1) is 9.58. The first kappa shape index (κ1) is 15.3. The van der Waals surface area contributed by atoms with E-state index in [0.29, 0.717) is 18.0 Å². The second-order valence-electron chi connectivity index (χ2n) is 6.30. The third-order valence-corrected chi connectivity index (χ3v) is 3.96. The van der Waals surface area contributed by atoms with Crippen molar-refractivity contribution in [3.63, 3.8) is 0 Å². The predicted octanol–water partition coefficient (Wildman–Crippen LogP) is 2.90. The highest BCUT2D eigenvalue weighted by Gasteiger charge is 2.24. The number of fused-ring (bicyclic) bond motifs is 1. The van der Waals surface area contributed by atoms with Gasteiger partial charge in [0.25, 0.3) is 0 Å². The zero-order valence-corrected chi connectivity index (χ0v) is 13.2. The van der Waals surface area contributed by atoms with Gasteiger partial charge in [-0.05, 0) is 12.0 Å². The highest BCUT2D eigenvalue weighted by Crippen LogP contribution is 2.25. The molecule has 112 valence electrons. The molecule has 1 aromatic rings. The maximum atomic E-state index is 5.87. The van der Waals surface area contributed by atoms with Crippen LogP contribution in [0, 0.1) is 5.92 Å². The lowest BCUT2D eigenvalue weighted by Gasteiger charge is -2.34. The number of hydrogen-bond acceptors (Lipinski definition) is 3. The maximum Gasteiger partial charge on any atom is 0.123 e. The minimum absolute atomic E-state index is 0.534. The topological polar surface area (TPSA) is 24.5 Å². The summed E-state index contributed by atoms with van der Waals surface area (Å²) in [6, 6.07) is 9.49. The van der Waals surface area contributed by atoms with E-state index in [1.165, 1.54) is 5.56 Å². The SMILES string of the molecule is CC(C)NCC(C(C)C)N1CCOc2ccccc2C1. The monoisotopic (exact) mass is 276 g/mol. The van der Waals surface area contributed by atoms with Gasteiger partial charge in [0.05, 0.1) is 0 Å². The van der Waals surface area contributed by atoms with Crippen molar-refractivity contribution in [2.75, 3.05) is 19.7 Å². The van der Waals surface area contributed by atoms with Gasteiger partial charge in [0, 0.05) is 37.3 Å². The molecule has 0 fully saturated rings. The summed E-state index contributed by atoms with van der Waals surface area (Å²) in [5, 5.41) is 3.59. The maximum absolute atomic E-state index is 5.87. The first-order valence-corrected chi connectivity index (χ1v) is 7.76. The van der Waals surface area contributed by atoms with Gasteiger partial charge in [-0.25, -0.2) is 0 Å². The van der Waals surface area contributed by atoms with Gasteiger partial charge in [0.2, 0.25) is 0 Å². The molecule has 0 aliphatic carbocycles. The van der Waals surface area contributed by atoms with Gasteiger partial charge in [0.15, 0.2) is 0 Å². The van der Waals surface area contributed by atoms with Crippen molar-refractivity contribution in [3.05, 3.63) is 29.8 Å². The van der Waals surface area contributed by atoms with E-state index in [-0.39, 0.29) is 0 Å². The van der Waals surface area contributed by atoms with Gasteiger partial charge in [-0.3, -0.25) is 4.90 Å². The summed E-state index contributed by atoms with van der Waals surface area (Å²) in [6.45, 7) is 12.8. The van der Waals surface area contributed by atoms with Crippen LogP contribution in [0.4, 0.5) is 0 Å². The molecular formula is C17H28N2O. The molecule has 1 atom stereocenters. The molecule has 0 spiro atoms. The lowest BCUT2D eigenvalue weighted by atomic mass is 10.0. The van der Waals surface area contributed by atoms with Crippen LogP contribution in [0.1, 0.15) is 33.3 Å². The minimum atomic E-state index is 0.534. The summed E-state index contributed by atoms with van der Waals surface area (Å²) < 4.78 is 5.87. The molecule has 3 nitrogen and oxygen atoms in total. The second-order valence-corrected chi connectivity index (χ2v) is 6.30. The van der Waals surface area contributed by atoms with Crippen LogP contribution in [0.25, 0.3) is 0 Å². The molecule has 1 N–H and O–H groups in total. The molecule has 3 heteroatoms. The first-order valence-electron chi connectivity index (χ1n) is 7.76. The van der Waals surface area contributed by atoms with Gasteiger partial charge in [-0.1, -0.05) is 45.9 Å². The number of hydrogen-bond donors (Lipinski definition) is 1. The molecule has 1 aliphatic rings. The number of ether oxygens (including phenoxy) is 1. The van der Waals surface area contributed by atoms with Crippen molar-refractivity contribution in [1.29, 1.82) is 0 Å². The molecule has 1 heterocycles. The van der Waals surface area contributed by atoms with Crippen LogP contribution in [0.15, 0.2) is 24.3 Å². The molecule has 0 saturated carbocycles. The number of benzene rings is 1. The zero-order valence-electron chi connectivity index (χ0n) is 13.2. The van der Waals surface area contributed by atoms with Gasteiger partial charge in [-0.15, -0.1) is 0 Å². The fourth-order valence-corrected chi connectivity index (χ4v) is 2.77. The van der Waals surface area contributed by atoms with E-state index >= 15 is 0 Å². The molecule has 0 bridgehead atoms. The summed E-state index contributed by atoms with van der Waals surface area (Å²) in [6.07, 6.45) is 0. The van der Waals surface area contributed by atoms with Crippen molar-refractivity contribution in [3.8, 4) is 5.75 Å². The number of nitrogens with one attached hydrogen (secondary N) is 1. The molecule has 0 amide bonds. The summed E-state index contributed by atoms with van der Waals surface area (Å²) in [5.74, 6) is 1.68. The van der Waals surface area contributed by atoms with Crippen LogP contribution in [-0.2, 0) is 6.54 Å². The summed E-state index contributed by atoms with van der Waals surface area (Å²) in [7, 11) is 0. The molecule has 2 rings (SSSR count). The van der Waals surface area contributed by atoms with Crippen LogP contribution >= 0.6 is 0 Å². The third kappa shape index (κ3) is 3.97.